The van der Waals surface area contributed by atoms with Crippen LogP contribution < -0.4 is 10.2 Å². The number of thioether (sulfide) groups is 1. The molecule has 2 aliphatic heterocycles. The van der Waals surface area contributed by atoms with E-state index in [1.807, 2.05) is 11.8 Å². The van der Waals surface area contributed by atoms with Gasteiger partial charge in [0.2, 0.25) is 5.91 Å². The van der Waals surface area contributed by atoms with Crippen molar-refractivity contribution < 1.29 is 14.7 Å². The lowest BCUT2D eigenvalue weighted by Gasteiger charge is -2.35. The molecule has 5 nitrogen and oxygen atoms in total. The zero-order valence-electron chi connectivity index (χ0n) is 10.3. The molecular formula is C13H14N2O3S. The van der Waals surface area contributed by atoms with Crippen LogP contribution >= 0.6 is 11.8 Å². The van der Waals surface area contributed by atoms with E-state index in [-0.39, 0.29) is 17.5 Å². The van der Waals surface area contributed by atoms with E-state index in [1.165, 1.54) is 6.07 Å². The number of hydrogen-bond acceptors (Lipinski definition) is 4. The molecule has 2 N–H and O–H groups in total. The van der Waals surface area contributed by atoms with Crippen LogP contribution in [0.2, 0.25) is 0 Å². The number of carboxylic acid groups (broad SMARTS) is 1. The van der Waals surface area contributed by atoms with E-state index in [9.17, 15) is 9.59 Å². The van der Waals surface area contributed by atoms with Crippen molar-refractivity contribution in [2.45, 2.75) is 12.5 Å². The van der Waals surface area contributed by atoms with Gasteiger partial charge in [-0.15, -0.1) is 0 Å². The summed E-state index contributed by atoms with van der Waals surface area (Å²) >= 11 is 1.84. The summed E-state index contributed by atoms with van der Waals surface area (Å²) in [5, 5.41) is 12.0. The Kier molecular flexibility index (Phi) is 3.10. The Hall–Kier alpha value is -1.69. The normalized spacial score (nSPS) is 22.0. The molecule has 0 spiro atoms. The topological polar surface area (TPSA) is 69.6 Å². The molecule has 0 bridgehead atoms. The summed E-state index contributed by atoms with van der Waals surface area (Å²) in [6.45, 7) is 0.848. The Balaban J connectivity index is 2.07. The highest BCUT2D eigenvalue weighted by Crippen LogP contribution is 2.35. The van der Waals surface area contributed by atoms with Crippen LogP contribution in [0.3, 0.4) is 0 Å². The molecule has 0 aliphatic carbocycles. The van der Waals surface area contributed by atoms with Gasteiger partial charge in [-0.05, 0) is 18.2 Å². The highest BCUT2D eigenvalue weighted by Gasteiger charge is 2.30. The maximum absolute atomic E-state index is 11.9. The van der Waals surface area contributed by atoms with Gasteiger partial charge in [-0.1, -0.05) is 0 Å². The molecule has 0 aromatic heterocycles. The number of aromatic carboxylic acids is 1. The molecule has 19 heavy (non-hydrogen) atoms. The van der Waals surface area contributed by atoms with Crippen LogP contribution in [0.25, 0.3) is 0 Å². The van der Waals surface area contributed by atoms with Gasteiger partial charge in [-0.2, -0.15) is 11.8 Å². The number of carbonyl (C=O) groups excluding carboxylic acids is 1. The Labute approximate surface area is 115 Å². The van der Waals surface area contributed by atoms with E-state index in [4.69, 9.17) is 5.11 Å². The lowest BCUT2D eigenvalue weighted by atomic mass is 10.1. The second kappa shape index (κ2) is 4.77. The molecule has 1 amide bonds. The molecule has 1 atom stereocenters. The first-order valence-electron chi connectivity index (χ1n) is 6.17. The Morgan fingerprint density at radius 2 is 2.32 bits per heavy atom. The number of fused-ring (bicyclic) bond motifs is 3. The lowest BCUT2D eigenvalue weighted by Crippen LogP contribution is -2.42. The third kappa shape index (κ3) is 2.28. The maximum Gasteiger partial charge on any atom is 0.335 e. The van der Waals surface area contributed by atoms with Gasteiger partial charge in [0.05, 0.1) is 16.9 Å². The minimum absolute atomic E-state index is 0.000625. The molecule has 3 rings (SSSR count). The third-order valence-corrected chi connectivity index (χ3v) is 4.57. The van der Waals surface area contributed by atoms with E-state index >= 15 is 0 Å². The number of nitrogens with zero attached hydrogens (tertiary/aromatic N) is 1. The number of amides is 1. The highest BCUT2D eigenvalue weighted by molar-refractivity contribution is 7.99. The minimum atomic E-state index is -0.943. The molecular weight excluding hydrogens is 264 g/mol. The predicted octanol–water partition coefficient (Wildman–Crippen LogP) is 1.65. The summed E-state index contributed by atoms with van der Waals surface area (Å²) in [6, 6.07) is 5.03. The lowest BCUT2D eigenvalue weighted by molar-refractivity contribution is -0.116. The van der Waals surface area contributed by atoms with Gasteiger partial charge in [0.1, 0.15) is 0 Å². The fourth-order valence-corrected chi connectivity index (χ4v) is 3.63. The van der Waals surface area contributed by atoms with Crippen molar-refractivity contribution in [3.05, 3.63) is 23.8 Å². The van der Waals surface area contributed by atoms with Crippen LogP contribution in [0.4, 0.5) is 11.4 Å². The molecule has 1 unspecified atom stereocenters. The SMILES string of the molecule is O=C1CC2CSCCN2c2cc(C(=O)O)ccc2N1. The van der Waals surface area contributed by atoms with Gasteiger partial charge < -0.3 is 15.3 Å². The second-order valence-corrected chi connectivity index (χ2v) is 5.86. The van der Waals surface area contributed by atoms with E-state index in [0.717, 1.165) is 23.7 Å². The van der Waals surface area contributed by atoms with Gasteiger partial charge in [0.25, 0.3) is 0 Å². The first-order chi connectivity index (χ1) is 9.15. The van der Waals surface area contributed by atoms with Crippen LogP contribution in [0, 0.1) is 0 Å². The smallest absolute Gasteiger partial charge is 0.335 e. The molecule has 1 saturated heterocycles. The summed E-state index contributed by atoms with van der Waals surface area (Å²) in [5.41, 5.74) is 1.80. The number of nitrogens with one attached hydrogen (secondary N) is 1. The van der Waals surface area contributed by atoms with Crippen molar-refractivity contribution in [2.24, 2.45) is 0 Å². The first-order valence-corrected chi connectivity index (χ1v) is 7.32. The molecule has 1 aromatic rings. The van der Waals surface area contributed by atoms with Crippen molar-refractivity contribution in [3.63, 3.8) is 0 Å². The fourth-order valence-electron chi connectivity index (χ4n) is 2.56. The molecule has 0 saturated carbocycles. The van der Waals surface area contributed by atoms with E-state index in [0.29, 0.717) is 12.1 Å². The molecule has 1 fully saturated rings. The molecule has 100 valence electrons. The number of benzene rings is 1. The van der Waals surface area contributed by atoms with Gasteiger partial charge in [0, 0.05) is 30.5 Å². The third-order valence-electron chi connectivity index (χ3n) is 3.48. The van der Waals surface area contributed by atoms with Gasteiger partial charge in [0.15, 0.2) is 0 Å². The average Bonchev–Trinajstić information content (AvgIpc) is 2.53. The summed E-state index contributed by atoms with van der Waals surface area (Å²) in [4.78, 5) is 25.1. The number of anilines is 2. The van der Waals surface area contributed by atoms with Crippen molar-refractivity contribution in [2.75, 3.05) is 28.3 Å². The first kappa shape index (κ1) is 12.3. The molecule has 1 aromatic carbocycles. The standard InChI is InChI=1S/C13H14N2O3S/c16-12-6-9-7-19-4-3-15(9)11-5-8(13(17)18)1-2-10(11)14-12/h1-2,5,9H,3-4,6-7H2,(H,14,16)(H,17,18). The number of carbonyl (C=O) groups is 2. The van der Waals surface area contributed by atoms with Crippen molar-refractivity contribution >= 4 is 35.0 Å². The van der Waals surface area contributed by atoms with E-state index < -0.39 is 5.97 Å². The zero-order valence-corrected chi connectivity index (χ0v) is 11.1. The van der Waals surface area contributed by atoms with E-state index in [2.05, 4.69) is 10.2 Å². The molecule has 0 radical (unpaired) electrons. The Morgan fingerprint density at radius 3 is 3.11 bits per heavy atom. The van der Waals surface area contributed by atoms with Crippen LogP contribution in [0.5, 0.6) is 0 Å². The van der Waals surface area contributed by atoms with Gasteiger partial charge in [-0.3, -0.25) is 4.79 Å². The minimum Gasteiger partial charge on any atom is -0.478 e. The summed E-state index contributed by atoms with van der Waals surface area (Å²) in [7, 11) is 0. The number of carboxylic acids is 1. The zero-order chi connectivity index (χ0) is 13.4. The van der Waals surface area contributed by atoms with Crippen LogP contribution in [0.1, 0.15) is 16.8 Å². The van der Waals surface area contributed by atoms with Crippen molar-refractivity contribution in [3.8, 4) is 0 Å². The number of rotatable bonds is 1. The molecule has 2 heterocycles. The van der Waals surface area contributed by atoms with Crippen molar-refractivity contribution in [1.82, 2.24) is 0 Å². The second-order valence-electron chi connectivity index (χ2n) is 4.71. The highest BCUT2D eigenvalue weighted by atomic mass is 32.2. The maximum atomic E-state index is 11.9. The summed E-state index contributed by atoms with van der Waals surface area (Å²) in [5.74, 6) is 0.964. The fraction of sp³-hybridized carbons (Fsp3) is 0.385. The molecule has 6 heteroatoms. The van der Waals surface area contributed by atoms with Gasteiger partial charge in [-0.25, -0.2) is 4.79 Å². The summed E-state index contributed by atoms with van der Waals surface area (Å²) < 4.78 is 0. The van der Waals surface area contributed by atoms with Crippen LogP contribution in [-0.4, -0.2) is 41.1 Å². The van der Waals surface area contributed by atoms with Gasteiger partial charge >= 0.3 is 5.97 Å². The predicted molar refractivity (Wildman–Crippen MR) is 75.1 cm³/mol. The quantitative estimate of drug-likeness (QED) is 0.817. The van der Waals surface area contributed by atoms with E-state index in [1.54, 1.807) is 12.1 Å². The van der Waals surface area contributed by atoms with Crippen molar-refractivity contribution in [1.29, 1.82) is 0 Å². The summed E-state index contributed by atoms with van der Waals surface area (Å²) in [6.07, 6.45) is 0.462. The largest absolute Gasteiger partial charge is 0.478 e. The molecule has 2 aliphatic rings. The monoisotopic (exact) mass is 278 g/mol. The Morgan fingerprint density at radius 1 is 1.47 bits per heavy atom. The number of hydrogen-bond donors (Lipinski definition) is 2. The van der Waals surface area contributed by atoms with Crippen LogP contribution in [0.15, 0.2) is 18.2 Å². The van der Waals surface area contributed by atoms with Crippen LogP contribution in [-0.2, 0) is 4.79 Å². The Bertz CT molecular complexity index is 547. The average molecular weight is 278 g/mol.